The molecule has 0 fully saturated rings. The second-order valence-corrected chi connectivity index (χ2v) is 8.90. The molecule has 0 aliphatic carbocycles. The van der Waals surface area contributed by atoms with Crippen molar-refractivity contribution < 1.29 is 35.6 Å². The summed E-state index contributed by atoms with van der Waals surface area (Å²) in [5, 5.41) is -3.17. The van der Waals surface area contributed by atoms with E-state index in [1.807, 2.05) is 0 Å². The van der Waals surface area contributed by atoms with Crippen LogP contribution in [-0.2, 0) is 0 Å². The third-order valence-corrected chi connectivity index (χ3v) is 6.65. The fourth-order valence-electron chi connectivity index (χ4n) is 4.89. The van der Waals surface area contributed by atoms with E-state index in [4.69, 9.17) is 26.0 Å². The molecule has 0 saturated carbocycles. The zero-order valence-corrected chi connectivity index (χ0v) is 21.2. The SMILES string of the molecule is [2H]c1cc2c(-c3c4c([2H])c([2H])c([2H])cc4c(-c4c([2H])c([2H])c(-c5c([2H])c([2H])c([2H])c([2H])c5[2H])c([2H])c4[2H])c4c([2H])c([2H])c([2H])c([2H])c34)c([2H])c([2H])c(-c3c([2H])c([2H])c([2H])c([2H])c3[2H])c2c([2H])c1[2H]. The Morgan fingerprint density at radius 3 is 1.40 bits per heavy atom. The first-order chi connectivity index (χ1) is 31.6. The van der Waals surface area contributed by atoms with Crippen molar-refractivity contribution in [3.8, 4) is 44.5 Å². The highest BCUT2D eigenvalue weighted by molar-refractivity contribution is 6.24. The Labute approximate surface area is 282 Å². The zero-order chi connectivity index (χ0) is 50.5. The molecule has 0 atom stereocenters. The van der Waals surface area contributed by atoms with Crippen LogP contribution in [0.15, 0.2) is 169 Å². The molecule has 0 radical (unpaired) electrons. The summed E-state index contributed by atoms with van der Waals surface area (Å²) in [5.74, 6) is 0. The Morgan fingerprint density at radius 1 is 0.262 bits per heavy atom. The molecule has 8 aromatic carbocycles. The summed E-state index contributed by atoms with van der Waals surface area (Å²) in [7, 11) is 0. The van der Waals surface area contributed by atoms with Gasteiger partial charge in [0.2, 0.25) is 0 Å². The van der Waals surface area contributed by atoms with Crippen molar-refractivity contribution in [2.24, 2.45) is 0 Å². The summed E-state index contributed by atoms with van der Waals surface area (Å²) in [6, 6.07) is -20.7. The van der Waals surface area contributed by atoms with E-state index in [0.29, 0.717) is 0 Å². The molecule has 0 N–H and O–H groups in total. The van der Waals surface area contributed by atoms with E-state index < -0.39 is 234 Å². The lowest BCUT2D eigenvalue weighted by Gasteiger charge is -2.20. The first kappa shape index (κ1) is 9.54. The minimum atomic E-state index is -0.979. The highest BCUT2D eigenvalue weighted by Gasteiger charge is 2.18. The number of hydrogen-bond donors (Lipinski definition) is 0. The minimum Gasteiger partial charge on any atom is -0.0622 e. The van der Waals surface area contributed by atoms with Gasteiger partial charge in [-0.15, -0.1) is 0 Å². The van der Waals surface area contributed by atoms with Crippen LogP contribution in [0.2, 0.25) is 0 Å². The Balaban J connectivity index is 1.69. The quantitative estimate of drug-likeness (QED) is 0.188. The molecule has 0 bridgehead atoms. The van der Waals surface area contributed by atoms with Crippen LogP contribution in [0.4, 0.5) is 0 Å². The normalized spacial score (nSPS) is 20.0. The lowest BCUT2D eigenvalue weighted by molar-refractivity contribution is 1.61. The Kier molecular flexibility index (Phi) is 2.31. The molecular weight excluding hydrogens is 504 g/mol. The summed E-state index contributed by atoms with van der Waals surface area (Å²) in [5.41, 5.74) is -5.12. The average molecular weight is 559 g/mol. The third kappa shape index (κ3) is 4.00. The van der Waals surface area contributed by atoms with Gasteiger partial charge < -0.3 is 0 Å². The maximum absolute atomic E-state index is 9.63. The molecule has 0 aliphatic heterocycles. The van der Waals surface area contributed by atoms with Crippen LogP contribution in [0, 0.1) is 0 Å². The molecule has 42 heavy (non-hydrogen) atoms. The molecule has 0 unspecified atom stereocenters. The first-order valence-corrected chi connectivity index (χ1v) is 12.4. The molecule has 196 valence electrons. The first-order valence-electron chi connectivity index (χ1n) is 25.4. The fourth-order valence-corrected chi connectivity index (χ4v) is 4.89. The van der Waals surface area contributed by atoms with Crippen LogP contribution >= 0.6 is 0 Å². The van der Waals surface area contributed by atoms with Crippen LogP contribution in [0.25, 0.3) is 76.8 Å². The van der Waals surface area contributed by atoms with Crippen LogP contribution in [-0.4, -0.2) is 0 Å². The molecule has 0 heteroatoms. The van der Waals surface area contributed by atoms with Gasteiger partial charge in [-0.1, -0.05) is 169 Å². The lowest BCUT2D eigenvalue weighted by Crippen LogP contribution is -1.92. The monoisotopic (exact) mass is 558 g/mol. The third-order valence-electron chi connectivity index (χ3n) is 6.65. The molecule has 8 rings (SSSR count). The summed E-state index contributed by atoms with van der Waals surface area (Å²) in [6.07, 6.45) is 0. The number of fused-ring (bicyclic) bond motifs is 3. The zero-order valence-electron chi connectivity index (χ0n) is 47.2. The van der Waals surface area contributed by atoms with Crippen molar-refractivity contribution in [2.45, 2.75) is 0 Å². The van der Waals surface area contributed by atoms with E-state index in [1.165, 1.54) is 0 Å². The van der Waals surface area contributed by atoms with E-state index in [0.717, 1.165) is 12.1 Å². The van der Waals surface area contributed by atoms with E-state index in [-0.39, 0.29) is 0 Å². The van der Waals surface area contributed by atoms with E-state index >= 15 is 0 Å². The molecule has 0 amide bonds. The largest absolute Gasteiger partial charge is 0.0630 e. The lowest BCUT2D eigenvalue weighted by atomic mass is 9.83. The highest BCUT2D eigenvalue weighted by Crippen LogP contribution is 2.46. The standard InChI is InChI=1S/C42H28/c1-3-13-29(14-4-1)30-23-25-32(26-24-30)41-36-19-9-11-21-38(36)42(39-22-12-10-20-37(39)41)40-28-27-33(31-15-5-2-6-16-31)34-17-7-8-18-35(34)40/h1-28H/i1D,2D,3D,4D,5D,6D,7D,8D,9D,10D,11D,12D,13D,14D,15D,16D,17D,19D,21D,22D,23D,24D,25D,26D,27D,28D. The van der Waals surface area contributed by atoms with Gasteiger partial charge in [0.1, 0.15) is 0 Å². The van der Waals surface area contributed by atoms with Crippen molar-refractivity contribution >= 4 is 32.3 Å². The van der Waals surface area contributed by atoms with Gasteiger partial charge in [0.25, 0.3) is 0 Å². The van der Waals surface area contributed by atoms with E-state index in [2.05, 4.69) is 0 Å². The van der Waals surface area contributed by atoms with Gasteiger partial charge in [-0.25, -0.2) is 0 Å². The van der Waals surface area contributed by atoms with Crippen molar-refractivity contribution in [3.05, 3.63) is 169 Å². The van der Waals surface area contributed by atoms with Gasteiger partial charge in [-0.05, 0) is 76.8 Å². The summed E-state index contributed by atoms with van der Waals surface area (Å²) in [6.45, 7) is 0. The fraction of sp³-hybridized carbons (Fsp3) is 0. The van der Waals surface area contributed by atoms with Crippen molar-refractivity contribution in [2.75, 3.05) is 0 Å². The molecule has 0 heterocycles. The Hall–Kier alpha value is -5.46. The van der Waals surface area contributed by atoms with Crippen LogP contribution in [0.1, 0.15) is 35.6 Å². The predicted octanol–water partition coefficient (Wildman–Crippen LogP) is 11.8. The van der Waals surface area contributed by atoms with Gasteiger partial charge in [-0.3, -0.25) is 0 Å². The van der Waals surface area contributed by atoms with Gasteiger partial charge in [0.15, 0.2) is 0 Å². The summed E-state index contributed by atoms with van der Waals surface area (Å²) < 4.78 is 230. The summed E-state index contributed by atoms with van der Waals surface area (Å²) in [4.78, 5) is 0. The van der Waals surface area contributed by atoms with Crippen molar-refractivity contribution in [1.29, 1.82) is 0 Å². The Bertz CT molecular complexity index is 3600. The number of benzene rings is 8. The maximum Gasteiger partial charge on any atom is 0.0630 e. The number of hydrogen-bond acceptors (Lipinski definition) is 0. The number of rotatable bonds is 4. The highest BCUT2D eigenvalue weighted by atomic mass is 14.2. The smallest absolute Gasteiger partial charge is 0.0622 e. The molecule has 0 spiro atoms. The topological polar surface area (TPSA) is 0 Å². The molecule has 0 saturated heterocycles. The van der Waals surface area contributed by atoms with E-state index in [9.17, 15) is 9.60 Å². The Morgan fingerprint density at radius 2 is 0.714 bits per heavy atom. The van der Waals surface area contributed by atoms with Crippen LogP contribution in [0.3, 0.4) is 0 Å². The second-order valence-electron chi connectivity index (χ2n) is 8.90. The minimum absolute atomic E-state index is 0.422. The van der Waals surface area contributed by atoms with Crippen LogP contribution in [0.5, 0.6) is 0 Å². The van der Waals surface area contributed by atoms with Crippen molar-refractivity contribution in [1.82, 2.24) is 0 Å². The van der Waals surface area contributed by atoms with Gasteiger partial charge >= 0.3 is 0 Å². The summed E-state index contributed by atoms with van der Waals surface area (Å²) >= 11 is 0. The molecule has 8 aromatic rings. The predicted molar refractivity (Wildman–Crippen MR) is 181 cm³/mol. The molecule has 0 aliphatic rings. The van der Waals surface area contributed by atoms with Gasteiger partial charge in [0, 0.05) is 0 Å². The van der Waals surface area contributed by atoms with Crippen LogP contribution < -0.4 is 0 Å². The van der Waals surface area contributed by atoms with Gasteiger partial charge in [-0.2, -0.15) is 0 Å². The molecule has 0 aromatic heterocycles. The maximum atomic E-state index is 9.63. The average Bonchev–Trinajstić information content (AvgIpc) is 3.30. The van der Waals surface area contributed by atoms with Crippen molar-refractivity contribution in [3.63, 3.8) is 0 Å². The molecule has 0 nitrogen and oxygen atoms in total. The van der Waals surface area contributed by atoms with E-state index in [1.54, 1.807) is 0 Å². The molecular formula is C42H28. The second kappa shape index (κ2) is 10.2. The van der Waals surface area contributed by atoms with Gasteiger partial charge in [0.05, 0.1) is 35.6 Å².